The van der Waals surface area contributed by atoms with Gasteiger partial charge in [0.2, 0.25) is 0 Å². The highest BCUT2D eigenvalue weighted by Crippen LogP contribution is 2.24. The van der Waals surface area contributed by atoms with E-state index in [1.54, 1.807) is 0 Å². The zero-order valence-electron chi connectivity index (χ0n) is 17.1. The topological polar surface area (TPSA) is 64.6 Å². The van der Waals surface area contributed by atoms with Crippen LogP contribution in [0.15, 0.2) is 42.5 Å². The van der Waals surface area contributed by atoms with Crippen LogP contribution >= 0.6 is 0 Å². The van der Waals surface area contributed by atoms with Crippen molar-refractivity contribution in [3.8, 4) is 5.75 Å². The molecule has 150 valence electrons. The summed E-state index contributed by atoms with van der Waals surface area (Å²) in [5.74, 6) is -0.210. The standard InChI is InChI=1S/C23H29NO4/c1-5-9-20(19-10-7-6-8-11-19)24-21(25)14-27-22(26)15-28-23-17(3)12-16(2)13-18(23)4/h6-8,10-13,20H,5,9,14-15H2,1-4H3,(H,24,25)/t20-/m1/s1. The van der Waals surface area contributed by atoms with E-state index in [1.165, 1.54) is 0 Å². The van der Waals surface area contributed by atoms with E-state index in [2.05, 4.69) is 12.2 Å². The minimum Gasteiger partial charge on any atom is -0.481 e. The average Bonchev–Trinajstić information content (AvgIpc) is 2.66. The van der Waals surface area contributed by atoms with Crippen LogP contribution in [0.2, 0.25) is 0 Å². The van der Waals surface area contributed by atoms with Crippen LogP contribution in [0.25, 0.3) is 0 Å². The number of nitrogens with one attached hydrogen (secondary N) is 1. The number of benzene rings is 2. The lowest BCUT2D eigenvalue weighted by Gasteiger charge is -2.18. The second-order valence-corrected chi connectivity index (χ2v) is 7.00. The van der Waals surface area contributed by atoms with Crippen molar-refractivity contribution in [3.05, 3.63) is 64.7 Å². The second-order valence-electron chi connectivity index (χ2n) is 7.00. The summed E-state index contributed by atoms with van der Waals surface area (Å²) in [6.45, 7) is 7.40. The first-order valence-corrected chi connectivity index (χ1v) is 9.61. The third-order valence-corrected chi connectivity index (χ3v) is 4.42. The first kappa shape index (κ1) is 21.5. The van der Waals surface area contributed by atoms with Crippen LogP contribution in [0.1, 0.15) is 48.1 Å². The SMILES string of the molecule is CCC[C@@H](NC(=O)COC(=O)COc1c(C)cc(C)cc1C)c1ccccc1. The van der Waals surface area contributed by atoms with E-state index in [1.807, 2.05) is 63.2 Å². The fraction of sp³-hybridized carbons (Fsp3) is 0.391. The molecule has 5 nitrogen and oxygen atoms in total. The van der Waals surface area contributed by atoms with Gasteiger partial charge in [-0.1, -0.05) is 61.4 Å². The highest BCUT2D eigenvalue weighted by atomic mass is 16.6. The van der Waals surface area contributed by atoms with E-state index >= 15 is 0 Å². The van der Waals surface area contributed by atoms with Gasteiger partial charge in [-0.25, -0.2) is 4.79 Å². The van der Waals surface area contributed by atoms with E-state index in [9.17, 15) is 9.59 Å². The summed E-state index contributed by atoms with van der Waals surface area (Å²) in [4.78, 5) is 24.2. The molecule has 0 unspecified atom stereocenters. The molecule has 0 bridgehead atoms. The smallest absolute Gasteiger partial charge is 0.344 e. The number of carbonyl (C=O) groups is 2. The number of esters is 1. The Kier molecular flexibility index (Phi) is 8.05. The number of hydrogen-bond acceptors (Lipinski definition) is 4. The predicted molar refractivity (Wildman–Crippen MR) is 109 cm³/mol. The van der Waals surface area contributed by atoms with Crippen molar-refractivity contribution in [1.82, 2.24) is 5.32 Å². The van der Waals surface area contributed by atoms with Crippen molar-refractivity contribution in [2.45, 2.75) is 46.6 Å². The molecule has 5 heteroatoms. The third-order valence-electron chi connectivity index (χ3n) is 4.42. The highest BCUT2D eigenvalue weighted by Gasteiger charge is 2.16. The van der Waals surface area contributed by atoms with E-state index in [4.69, 9.17) is 9.47 Å². The Balaban J connectivity index is 1.82. The zero-order chi connectivity index (χ0) is 20.5. The van der Waals surface area contributed by atoms with Gasteiger partial charge < -0.3 is 14.8 Å². The van der Waals surface area contributed by atoms with Crippen LogP contribution in [0.5, 0.6) is 5.75 Å². The average molecular weight is 383 g/mol. The van der Waals surface area contributed by atoms with Crippen molar-refractivity contribution in [3.63, 3.8) is 0 Å². The molecule has 1 amide bonds. The van der Waals surface area contributed by atoms with Crippen LogP contribution in [-0.4, -0.2) is 25.1 Å². The molecule has 0 saturated carbocycles. The summed E-state index contributed by atoms with van der Waals surface area (Å²) >= 11 is 0. The van der Waals surface area contributed by atoms with E-state index in [0.717, 1.165) is 35.1 Å². The van der Waals surface area contributed by atoms with Crippen LogP contribution < -0.4 is 10.1 Å². The maximum atomic E-state index is 12.2. The Bertz CT molecular complexity index is 778. The minimum atomic E-state index is -0.568. The molecule has 2 rings (SSSR count). The van der Waals surface area contributed by atoms with Crippen molar-refractivity contribution >= 4 is 11.9 Å². The molecule has 0 aromatic heterocycles. The zero-order valence-corrected chi connectivity index (χ0v) is 17.1. The number of rotatable bonds is 9. The Morgan fingerprint density at radius 2 is 1.64 bits per heavy atom. The Morgan fingerprint density at radius 1 is 1.00 bits per heavy atom. The second kappa shape index (κ2) is 10.5. The molecule has 28 heavy (non-hydrogen) atoms. The Morgan fingerprint density at radius 3 is 2.25 bits per heavy atom. The van der Waals surface area contributed by atoms with Gasteiger partial charge in [-0.15, -0.1) is 0 Å². The lowest BCUT2D eigenvalue weighted by Crippen LogP contribution is -2.33. The molecule has 1 N–H and O–H groups in total. The molecule has 0 heterocycles. The first-order chi connectivity index (χ1) is 13.4. The third kappa shape index (κ3) is 6.41. The minimum absolute atomic E-state index is 0.0912. The number of hydrogen-bond donors (Lipinski definition) is 1. The molecule has 0 aliphatic rings. The fourth-order valence-corrected chi connectivity index (χ4v) is 3.25. The summed E-state index contributed by atoms with van der Waals surface area (Å²) in [5, 5.41) is 2.93. The van der Waals surface area contributed by atoms with Crippen LogP contribution in [0.4, 0.5) is 0 Å². The quantitative estimate of drug-likeness (QED) is 0.660. The van der Waals surface area contributed by atoms with Crippen molar-refractivity contribution in [2.24, 2.45) is 0 Å². The normalized spacial score (nSPS) is 11.6. The van der Waals surface area contributed by atoms with Gasteiger partial charge >= 0.3 is 5.97 Å². The number of ether oxygens (including phenoxy) is 2. The monoisotopic (exact) mass is 383 g/mol. The molecule has 2 aromatic carbocycles. The Hall–Kier alpha value is -2.82. The Labute approximate surface area is 167 Å². The molecule has 0 radical (unpaired) electrons. The highest BCUT2D eigenvalue weighted by molar-refractivity contribution is 5.81. The number of amides is 1. The summed E-state index contributed by atoms with van der Waals surface area (Å²) in [6.07, 6.45) is 1.75. The molecular formula is C23H29NO4. The summed E-state index contributed by atoms with van der Waals surface area (Å²) in [7, 11) is 0. The maximum absolute atomic E-state index is 12.2. The van der Waals surface area contributed by atoms with Crippen LogP contribution in [-0.2, 0) is 14.3 Å². The number of carbonyl (C=O) groups excluding carboxylic acids is 2. The molecule has 1 atom stereocenters. The lowest BCUT2D eigenvalue weighted by atomic mass is 10.0. The fourth-order valence-electron chi connectivity index (χ4n) is 3.25. The predicted octanol–water partition coefficient (Wildman–Crippen LogP) is 4.19. The van der Waals surface area contributed by atoms with Crippen molar-refractivity contribution < 1.29 is 19.1 Å². The molecule has 2 aromatic rings. The van der Waals surface area contributed by atoms with Crippen molar-refractivity contribution in [2.75, 3.05) is 13.2 Å². The van der Waals surface area contributed by atoms with Gasteiger partial charge in [-0.2, -0.15) is 0 Å². The van der Waals surface area contributed by atoms with Gasteiger partial charge in [0.25, 0.3) is 5.91 Å². The first-order valence-electron chi connectivity index (χ1n) is 9.61. The van der Waals surface area contributed by atoms with Crippen molar-refractivity contribution in [1.29, 1.82) is 0 Å². The molecule has 0 fully saturated rings. The van der Waals surface area contributed by atoms with Crippen LogP contribution in [0, 0.1) is 20.8 Å². The molecular weight excluding hydrogens is 354 g/mol. The van der Waals surface area contributed by atoms with Gasteiger partial charge in [0.1, 0.15) is 5.75 Å². The van der Waals surface area contributed by atoms with Gasteiger partial charge in [0, 0.05) is 0 Å². The van der Waals surface area contributed by atoms with Gasteiger partial charge in [0.05, 0.1) is 6.04 Å². The summed E-state index contributed by atoms with van der Waals surface area (Å²) < 4.78 is 10.7. The van der Waals surface area contributed by atoms with Crippen LogP contribution in [0.3, 0.4) is 0 Å². The van der Waals surface area contributed by atoms with Gasteiger partial charge in [-0.05, 0) is 43.9 Å². The molecule has 0 saturated heterocycles. The van der Waals surface area contributed by atoms with E-state index in [-0.39, 0.29) is 25.2 Å². The summed E-state index contributed by atoms with van der Waals surface area (Å²) in [5.41, 5.74) is 4.11. The van der Waals surface area contributed by atoms with Gasteiger partial charge in [0.15, 0.2) is 13.2 Å². The van der Waals surface area contributed by atoms with Gasteiger partial charge in [-0.3, -0.25) is 4.79 Å². The molecule has 0 aliphatic heterocycles. The van der Waals surface area contributed by atoms with E-state index in [0.29, 0.717) is 5.75 Å². The lowest BCUT2D eigenvalue weighted by molar-refractivity contribution is -0.150. The molecule has 0 spiro atoms. The number of aryl methyl sites for hydroxylation is 3. The maximum Gasteiger partial charge on any atom is 0.344 e. The molecule has 0 aliphatic carbocycles. The largest absolute Gasteiger partial charge is 0.481 e. The summed E-state index contributed by atoms with van der Waals surface area (Å²) in [6, 6.07) is 13.7. The van der Waals surface area contributed by atoms with E-state index < -0.39 is 5.97 Å².